The van der Waals surface area contributed by atoms with Crippen LogP contribution in [-0.4, -0.2) is 43.7 Å². The number of hydrogen-bond donors (Lipinski definition) is 1. The molecule has 37 heavy (non-hydrogen) atoms. The second-order valence-electron chi connectivity index (χ2n) is 10.0. The first-order valence-electron chi connectivity index (χ1n) is 13.4. The van der Waals surface area contributed by atoms with Crippen LogP contribution in [0.2, 0.25) is 0 Å². The van der Waals surface area contributed by atoms with Crippen molar-refractivity contribution in [3.63, 3.8) is 0 Å². The molecule has 2 amide bonds. The molecule has 4 rings (SSSR count). The van der Waals surface area contributed by atoms with E-state index < -0.39 is 5.91 Å². The van der Waals surface area contributed by atoms with E-state index in [1.807, 2.05) is 60.8 Å². The fourth-order valence-electron chi connectivity index (χ4n) is 5.69. The number of para-hydroxylation sites is 1. The molecule has 1 fully saturated rings. The Balaban J connectivity index is 1.85. The van der Waals surface area contributed by atoms with Gasteiger partial charge in [-0.25, -0.2) is 4.68 Å². The summed E-state index contributed by atoms with van der Waals surface area (Å²) in [5, 5.41) is 0. The Morgan fingerprint density at radius 1 is 0.973 bits per heavy atom. The van der Waals surface area contributed by atoms with Gasteiger partial charge >= 0.3 is 0 Å². The maximum atomic E-state index is 13.9. The lowest BCUT2D eigenvalue weighted by atomic mass is 9.97. The predicted molar refractivity (Wildman–Crippen MR) is 146 cm³/mol. The molecular formula is C29H39N5O3. The van der Waals surface area contributed by atoms with Crippen molar-refractivity contribution >= 4 is 11.8 Å². The van der Waals surface area contributed by atoms with Gasteiger partial charge in [0.1, 0.15) is 0 Å². The smallest absolute Gasteiger partial charge is 0.279 e. The van der Waals surface area contributed by atoms with E-state index in [1.165, 1.54) is 0 Å². The first-order chi connectivity index (χ1) is 17.8. The van der Waals surface area contributed by atoms with E-state index in [4.69, 9.17) is 5.73 Å². The summed E-state index contributed by atoms with van der Waals surface area (Å²) in [4.78, 5) is 40.8. The molecule has 0 unspecified atom stereocenters. The topological polar surface area (TPSA) is 95.3 Å². The van der Waals surface area contributed by atoms with Crippen LogP contribution in [0, 0.1) is 13.8 Å². The third-order valence-electron chi connectivity index (χ3n) is 7.68. The van der Waals surface area contributed by atoms with Crippen molar-refractivity contribution in [3.05, 3.63) is 63.3 Å². The number of aromatic nitrogens is 3. The highest BCUT2D eigenvalue weighted by Crippen LogP contribution is 2.35. The lowest BCUT2D eigenvalue weighted by molar-refractivity contribution is -0.127. The van der Waals surface area contributed by atoms with Crippen LogP contribution in [0.15, 0.2) is 35.1 Å². The molecule has 0 bridgehead atoms. The van der Waals surface area contributed by atoms with E-state index in [1.54, 1.807) is 4.68 Å². The van der Waals surface area contributed by atoms with Crippen LogP contribution in [0.1, 0.15) is 72.9 Å². The zero-order chi connectivity index (χ0) is 26.7. The molecule has 0 spiro atoms. The first-order valence-corrected chi connectivity index (χ1v) is 13.4. The van der Waals surface area contributed by atoms with Crippen LogP contribution in [0.25, 0.3) is 16.8 Å². The molecule has 1 aliphatic heterocycles. The molecule has 0 aliphatic carbocycles. The third-order valence-corrected chi connectivity index (χ3v) is 7.68. The van der Waals surface area contributed by atoms with E-state index in [0.717, 1.165) is 67.8 Å². The number of rotatable bonds is 11. The molecule has 3 heterocycles. The van der Waals surface area contributed by atoms with E-state index in [2.05, 4.69) is 11.5 Å². The van der Waals surface area contributed by atoms with Crippen LogP contribution in [-0.2, 0) is 24.8 Å². The number of nitrogens with zero attached hydrogens (tertiary/aromatic N) is 4. The molecule has 0 radical (unpaired) electrons. The van der Waals surface area contributed by atoms with Crippen LogP contribution in [0.5, 0.6) is 0 Å². The largest absolute Gasteiger partial charge is 0.366 e. The summed E-state index contributed by atoms with van der Waals surface area (Å²) < 4.78 is 5.67. The van der Waals surface area contributed by atoms with E-state index in [9.17, 15) is 14.4 Å². The predicted octanol–water partition coefficient (Wildman–Crippen LogP) is 4.11. The minimum Gasteiger partial charge on any atom is -0.366 e. The van der Waals surface area contributed by atoms with Crippen LogP contribution < -0.4 is 11.3 Å². The monoisotopic (exact) mass is 505 g/mol. The molecule has 2 aromatic heterocycles. The molecule has 1 aliphatic rings. The lowest BCUT2D eigenvalue weighted by Crippen LogP contribution is -2.26. The maximum Gasteiger partial charge on any atom is 0.279 e. The zero-order valence-corrected chi connectivity index (χ0v) is 22.5. The van der Waals surface area contributed by atoms with Gasteiger partial charge in [0, 0.05) is 55.7 Å². The van der Waals surface area contributed by atoms with Crippen molar-refractivity contribution in [2.75, 3.05) is 13.1 Å². The average Bonchev–Trinajstić information content (AvgIpc) is 3.47. The maximum absolute atomic E-state index is 13.9. The zero-order valence-electron chi connectivity index (χ0n) is 22.5. The van der Waals surface area contributed by atoms with Crippen molar-refractivity contribution in [3.8, 4) is 16.8 Å². The SMILES string of the molecule is CCCCCc1c(-c2c(C)n(C)n(-c3ccccc3)c2=O)c(C(N)=O)c(C)n1CCCN1CCCC1=O. The summed E-state index contributed by atoms with van der Waals surface area (Å²) in [6.07, 6.45) is 6.15. The van der Waals surface area contributed by atoms with Crippen molar-refractivity contribution in [1.82, 2.24) is 18.8 Å². The lowest BCUT2D eigenvalue weighted by Gasteiger charge is -2.17. The Hall–Kier alpha value is -3.55. The van der Waals surface area contributed by atoms with Crippen molar-refractivity contribution in [2.24, 2.45) is 12.8 Å². The highest BCUT2D eigenvalue weighted by atomic mass is 16.2. The highest BCUT2D eigenvalue weighted by molar-refractivity contribution is 6.02. The number of carbonyl (C=O) groups is 2. The second kappa shape index (κ2) is 11.2. The first kappa shape index (κ1) is 26.5. The molecule has 1 saturated heterocycles. The van der Waals surface area contributed by atoms with E-state index in [-0.39, 0.29) is 11.5 Å². The van der Waals surface area contributed by atoms with Gasteiger partial charge in [0.25, 0.3) is 11.5 Å². The molecule has 8 heteroatoms. The molecule has 0 saturated carbocycles. The van der Waals surface area contributed by atoms with Crippen LogP contribution in [0.3, 0.4) is 0 Å². The van der Waals surface area contributed by atoms with Gasteiger partial charge in [-0.1, -0.05) is 38.0 Å². The average molecular weight is 506 g/mol. The molecule has 8 nitrogen and oxygen atoms in total. The Labute approximate surface area is 218 Å². The van der Waals surface area contributed by atoms with Crippen molar-refractivity contribution in [1.29, 1.82) is 0 Å². The summed E-state index contributed by atoms with van der Waals surface area (Å²) in [5.74, 6) is -0.307. The molecule has 3 aromatic rings. The summed E-state index contributed by atoms with van der Waals surface area (Å²) in [6, 6.07) is 9.53. The Kier molecular flexibility index (Phi) is 8.05. The summed E-state index contributed by atoms with van der Waals surface area (Å²) in [5.41, 5.74) is 10.8. The molecular weight excluding hydrogens is 466 g/mol. The van der Waals surface area contributed by atoms with Crippen LogP contribution in [0.4, 0.5) is 0 Å². The fourth-order valence-corrected chi connectivity index (χ4v) is 5.69. The normalized spacial score (nSPS) is 13.6. The van der Waals surface area contributed by atoms with Gasteiger partial charge in [0.05, 0.1) is 16.8 Å². The number of primary amides is 1. The van der Waals surface area contributed by atoms with Crippen molar-refractivity contribution < 1.29 is 9.59 Å². The van der Waals surface area contributed by atoms with E-state index in [0.29, 0.717) is 36.2 Å². The number of hydrogen-bond acceptors (Lipinski definition) is 3. The number of amides is 2. The number of nitrogens with two attached hydrogens (primary N) is 1. The molecule has 2 N–H and O–H groups in total. The Morgan fingerprint density at radius 2 is 1.70 bits per heavy atom. The van der Waals surface area contributed by atoms with Gasteiger partial charge in [-0.15, -0.1) is 0 Å². The van der Waals surface area contributed by atoms with Gasteiger partial charge in [0.15, 0.2) is 0 Å². The fraction of sp³-hybridized carbons (Fsp3) is 0.483. The van der Waals surface area contributed by atoms with Gasteiger partial charge in [-0.05, 0) is 51.7 Å². The quantitative estimate of drug-likeness (QED) is 0.397. The van der Waals surface area contributed by atoms with Gasteiger partial charge in [-0.2, -0.15) is 0 Å². The minimum absolute atomic E-state index is 0.162. The standard InChI is InChI=1S/C29H39N5O3/c1-5-6-8-15-23-27(26-20(2)31(4)34(29(26)37)22-13-9-7-10-14-22)25(28(30)36)21(3)33(23)19-12-18-32-17-11-16-24(32)35/h7,9-10,13-14H,5-6,8,11-12,15-19H2,1-4H3,(H2,30,36). The molecule has 0 atom stereocenters. The highest BCUT2D eigenvalue weighted by Gasteiger charge is 2.30. The molecule has 1 aromatic carbocycles. The van der Waals surface area contributed by atoms with Gasteiger partial charge in [-0.3, -0.25) is 19.1 Å². The number of unbranched alkanes of at least 4 members (excludes halogenated alkanes) is 2. The van der Waals surface area contributed by atoms with Gasteiger partial charge in [0.2, 0.25) is 5.91 Å². The second-order valence-corrected chi connectivity index (χ2v) is 10.0. The number of carbonyl (C=O) groups excluding carboxylic acids is 2. The number of likely N-dealkylation sites (tertiary alicyclic amines) is 1. The summed E-state index contributed by atoms with van der Waals surface area (Å²) in [7, 11) is 1.87. The van der Waals surface area contributed by atoms with Crippen molar-refractivity contribution in [2.45, 2.75) is 72.3 Å². The summed E-state index contributed by atoms with van der Waals surface area (Å²) >= 11 is 0. The Morgan fingerprint density at radius 3 is 2.32 bits per heavy atom. The molecule has 198 valence electrons. The third kappa shape index (κ3) is 5.02. The van der Waals surface area contributed by atoms with Crippen LogP contribution >= 0.6 is 0 Å². The minimum atomic E-state index is -0.522. The van der Waals surface area contributed by atoms with E-state index >= 15 is 0 Å². The summed E-state index contributed by atoms with van der Waals surface area (Å²) in [6.45, 7) is 8.16. The number of benzene rings is 1. The Bertz CT molecular complexity index is 1350. The van der Waals surface area contributed by atoms with Gasteiger partial charge < -0.3 is 15.2 Å².